The van der Waals surface area contributed by atoms with Crippen LogP contribution in [0.2, 0.25) is 0 Å². The lowest BCUT2D eigenvalue weighted by molar-refractivity contribution is 0.0149. The maximum absolute atomic E-state index is 6.06. The predicted octanol–water partition coefficient (Wildman–Crippen LogP) is 3.26. The zero-order chi connectivity index (χ0) is 13.1. The molecule has 5 unspecified atom stereocenters. The van der Waals surface area contributed by atoms with Gasteiger partial charge in [-0.15, -0.1) is 0 Å². The van der Waals surface area contributed by atoms with Crippen LogP contribution in [0.1, 0.15) is 59.3 Å². The minimum Gasteiger partial charge on any atom is -0.330 e. The molecule has 5 atom stereocenters. The van der Waals surface area contributed by atoms with E-state index in [0.717, 1.165) is 36.4 Å². The standard InChI is InChI=1S/C16H32N2/c1-12-9-13(2)14(3)18(11-12)16-8-6-4-5-7-15(16)10-17/h12-16H,4-11,17H2,1-3H3. The fourth-order valence-electron chi connectivity index (χ4n) is 4.27. The number of nitrogens with zero attached hydrogens (tertiary/aromatic N) is 1. The lowest BCUT2D eigenvalue weighted by Crippen LogP contribution is -2.54. The summed E-state index contributed by atoms with van der Waals surface area (Å²) in [7, 11) is 0. The molecule has 106 valence electrons. The van der Waals surface area contributed by atoms with Gasteiger partial charge in [0.25, 0.3) is 0 Å². The van der Waals surface area contributed by atoms with Crippen molar-refractivity contribution in [2.45, 2.75) is 71.4 Å². The first-order valence-corrected chi connectivity index (χ1v) is 8.09. The largest absolute Gasteiger partial charge is 0.330 e. The molecule has 18 heavy (non-hydrogen) atoms. The van der Waals surface area contributed by atoms with Crippen LogP contribution in [-0.2, 0) is 0 Å². The van der Waals surface area contributed by atoms with Crippen LogP contribution in [0, 0.1) is 17.8 Å². The molecule has 2 aliphatic rings. The summed E-state index contributed by atoms with van der Waals surface area (Å²) in [5.74, 6) is 2.45. The van der Waals surface area contributed by atoms with Gasteiger partial charge in [-0.3, -0.25) is 4.90 Å². The van der Waals surface area contributed by atoms with Crippen molar-refractivity contribution in [1.29, 1.82) is 0 Å². The van der Waals surface area contributed by atoms with E-state index in [4.69, 9.17) is 5.73 Å². The van der Waals surface area contributed by atoms with E-state index in [1.165, 1.54) is 45.1 Å². The summed E-state index contributed by atoms with van der Waals surface area (Å²) in [6.07, 6.45) is 8.36. The molecule has 0 amide bonds. The Labute approximate surface area is 113 Å². The number of hydrogen-bond acceptors (Lipinski definition) is 2. The fourth-order valence-corrected chi connectivity index (χ4v) is 4.27. The van der Waals surface area contributed by atoms with Crippen molar-refractivity contribution < 1.29 is 0 Å². The molecule has 2 N–H and O–H groups in total. The molecule has 1 saturated heterocycles. The first-order valence-electron chi connectivity index (χ1n) is 8.09. The molecule has 2 nitrogen and oxygen atoms in total. The van der Waals surface area contributed by atoms with Crippen LogP contribution < -0.4 is 5.73 Å². The lowest BCUT2D eigenvalue weighted by atomic mass is 9.82. The number of hydrogen-bond donors (Lipinski definition) is 1. The van der Waals surface area contributed by atoms with Gasteiger partial charge >= 0.3 is 0 Å². The Morgan fingerprint density at radius 1 is 1.06 bits per heavy atom. The van der Waals surface area contributed by atoms with E-state index in [1.54, 1.807) is 0 Å². The Morgan fingerprint density at radius 3 is 2.50 bits per heavy atom. The van der Waals surface area contributed by atoms with E-state index < -0.39 is 0 Å². The third kappa shape index (κ3) is 3.08. The Hall–Kier alpha value is -0.0800. The van der Waals surface area contributed by atoms with Gasteiger partial charge in [-0.1, -0.05) is 33.1 Å². The van der Waals surface area contributed by atoms with Crippen molar-refractivity contribution >= 4 is 0 Å². The van der Waals surface area contributed by atoms with Crippen molar-refractivity contribution in [1.82, 2.24) is 4.90 Å². The smallest absolute Gasteiger partial charge is 0.0139 e. The fraction of sp³-hybridized carbons (Fsp3) is 1.00. The molecule has 2 heteroatoms. The van der Waals surface area contributed by atoms with Crippen LogP contribution in [0.3, 0.4) is 0 Å². The van der Waals surface area contributed by atoms with E-state index in [-0.39, 0.29) is 0 Å². The zero-order valence-corrected chi connectivity index (χ0v) is 12.6. The maximum atomic E-state index is 6.06. The van der Waals surface area contributed by atoms with Gasteiger partial charge in [0.05, 0.1) is 0 Å². The number of rotatable bonds is 2. The number of piperidine rings is 1. The Morgan fingerprint density at radius 2 is 1.78 bits per heavy atom. The Bertz CT molecular complexity index is 253. The van der Waals surface area contributed by atoms with Crippen LogP contribution in [0.5, 0.6) is 0 Å². The molecule has 0 aromatic heterocycles. The molecular weight excluding hydrogens is 220 g/mol. The Balaban J connectivity index is 2.10. The lowest BCUT2D eigenvalue weighted by Gasteiger charge is -2.47. The van der Waals surface area contributed by atoms with E-state index in [2.05, 4.69) is 25.7 Å². The molecule has 0 radical (unpaired) electrons. The van der Waals surface area contributed by atoms with Gasteiger partial charge in [0.2, 0.25) is 0 Å². The molecule has 1 saturated carbocycles. The highest BCUT2D eigenvalue weighted by molar-refractivity contribution is 4.90. The zero-order valence-electron chi connectivity index (χ0n) is 12.6. The van der Waals surface area contributed by atoms with Gasteiger partial charge in [0, 0.05) is 18.6 Å². The van der Waals surface area contributed by atoms with E-state index in [1.807, 2.05) is 0 Å². The van der Waals surface area contributed by atoms with Crippen LogP contribution in [0.25, 0.3) is 0 Å². The van der Waals surface area contributed by atoms with Gasteiger partial charge in [0.1, 0.15) is 0 Å². The molecule has 0 aromatic rings. The minimum atomic E-state index is 0.743. The van der Waals surface area contributed by atoms with Crippen LogP contribution in [-0.4, -0.2) is 30.1 Å². The first kappa shape index (κ1) is 14.3. The second-order valence-corrected chi connectivity index (χ2v) is 6.96. The number of nitrogens with two attached hydrogens (primary N) is 1. The van der Waals surface area contributed by atoms with Crippen molar-refractivity contribution in [3.8, 4) is 0 Å². The van der Waals surface area contributed by atoms with E-state index >= 15 is 0 Å². The highest BCUT2D eigenvalue weighted by Gasteiger charge is 2.36. The topological polar surface area (TPSA) is 29.3 Å². The monoisotopic (exact) mass is 252 g/mol. The summed E-state index contributed by atoms with van der Waals surface area (Å²) in [6, 6.07) is 1.51. The van der Waals surface area contributed by atoms with Gasteiger partial charge in [0.15, 0.2) is 0 Å². The summed E-state index contributed by atoms with van der Waals surface area (Å²) >= 11 is 0. The third-order valence-corrected chi connectivity index (χ3v) is 5.49. The molecule has 1 aliphatic heterocycles. The minimum absolute atomic E-state index is 0.743. The van der Waals surface area contributed by atoms with Crippen molar-refractivity contribution in [2.24, 2.45) is 23.5 Å². The average molecular weight is 252 g/mol. The molecule has 2 fully saturated rings. The second kappa shape index (κ2) is 6.38. The van der Waals surface area contributed by atoms with Crippen molar-refractivity contribution in [3.05, 3.63) is 0 Å². The van der Waals surface area contributed by atoms with Crippen LogP contribution >= 0.6 is 0 Å². The summed E-state index contributed by atoms with van der Waals surface area (Å²) < 4.78 is 0. The highest BCUT2D eigenvalue weighted by Crippen LogP contribution is 2.34. The quantitative estimate of drug-likeness (QED) is 0.764. The van der Waals surface area contributed by atoms with Gasteiger partial charge in [-0.25, -0.2) is 0 Å². The normalized spacial score (nSPS) is 43.7. The molecule has 1 heterocycles. The maximum Gasteiger partial charge on any atom is 0.0139 e. The molecule has 0 aromatic carbocycles. The summed E-state index contributed by atoms with van der Waals surface area (Å²) in [4.78, 5) is 2.82. The average Bonchev–Trinajstić information content (AvgIpc) is 2.58. The predicted molar refractivity (Wildman–Crippen MR) is 78.5 cm³/mol. The number of likely N-dealkylation sites (tertiary alicyclic amines) is 1. The first-order chi connectivity index (χ1) is 8.63. The summed E-state index contributed by atoms with van der Waals surface area (Å²) in [6.45, 7) is 9.48. The van der Waals surface area contributed by atoms with Crippen LogP contribution in [0.4, 0.5) is 0 Å². The SMILES string of the molecule is CC1CC(C)C(C)N(C2CCCCCC2CN)C1. The summed E-state index contributed by atoms with van der Waals surface area (Å²) in [5.41, 5.74) is 6.06. The molecule has 0 bridgehead atoms. The van der Waals surface area contributed by atoms with E-state index in [9.17, 15) is 0 Å². The molecule has 1 aliphatic carbocycles. The van der Waals surface area contributed by atoms with E-state index in [0.29, 0.717) is 0 Å². The van der Waals surface area contributed by atoms with Gasteiger partial charge in [-0.2, -0.15) is 0 Å². The van der Waals surface area contributed by atoms with Gasteiger partial charge in [-0.05, 0) is 50.5 Å². The Kier molecular flexibility index (Phi) is 5.08. The third-order valence-electron chi connectivity index (χ3n) is 5.49. The molecule has 0 spiro atoms. The van der Waals surface area contributed by atoms with Gasteiger partial charge < -0.3 is 5.73 Å². The van der Waals surface area contributed by atoms with Crippen LogP contribution in [0.15, 0.2) is 0 Å². The van der Waals surface area contributed by atoms with Crippen molar-refractivity contribution in [3.63, 3.8) is 0 Å². The molecule has 2 rings (SSSR count). The second-order valence-electron chi connectivity index (χ2n) is 6.96. The van der Waals surface area contributed by atoms with Crippen molar-refractivity contribution in [2.75, 3.05) is 13.1 Å². The summed E-state index contributed by atoms with van der Waals surface area (Å²) in [5, 5.41) is 0. The molecular formula is C16H32N2. The highest BCUT2D eigenvalue weighted by atomic mass is 15.2.